The molecule has 0 aromatic rings. The van der Waals surface area contributed by atoms with Crippen molar-refractivity contribution < 1.29 is 9.59 Å². The minimum atomic E-state index is -0.427. The maximum atomic E-state index is 12.2. The lowest BCUT2D eigenvalue weighted by Gasteiger charge is -2.25. The van der Waals surface area contributed by atoms with Gasteiger partial charge in [0.15, 0.2) is 0 Å². The van der Waals surface area contributed by atoms with Gasteiger partial charge in [0.05, 0.1) is 5.92 Å². The summed E-state index contributed by atoms with van der Waals surface area (Å²) in [6.07, 6.45) is 4.56. The summed E-state index contributed by atoms with van der Waals surface area (Å²) in [4.78, 5) is 24.3. The minimum absolute atomic E-state index is 0.0606. The SMILES string of the molecule is CCCCCC(=O)C1C(=O)NCC(C)(C)CC1C. The fraction of sp³-hybridized carbons (Fsp3) is 0.867. The summed E-state index contributed by atoms with van der Waals surface area (Å²) >= 11 is 0. The molecular formula is C15H27NO2. The first-order valence-corrected chi connectivity index (χ1v) is 7.18. The van der Waals surface area contributed by atoms with Gasteiger partial charge in [-0.05, 0) is 24.2 Å². The van der Waals surface area contributed by atoms with Crippen molar-refractivity contribution in [2.75, 3.05) is 6.54 Å². The van der Waals surface area contributed by atoms with Gasteiger partial charge < -0.3 is 5.32 Å². The van der Waals surface area contributed by atoms with Gasteiger partial charge in [-0.1, -0.05) is 40.5 Å². The molecule has 104 valence electrons. The first kappa shape index (κ1) is 15.2. The number of hydrogen-bond acceptors (Lipinski definition) is 2. The van der Waals surface area contributed by atoms with Crippen LogP contribution in [0.2, 0.25) is 0 Å². The molecule has 1 aliphatic heterocycles. The zero-order valence-corrected chi connectivity index (χ0v) is 12.2. The third-order valence-corrected chi connectivity index (χ3v) is 3.84. The molecule has 0 aromatic heterocycles. The molecule has 2 unspecified atom stereocenters. The molecule has 1 N–H and O–H groups in total. The van der Waals surface area contributed by atoms with E-state index < -0.39 is 5.92 Å². The van der Waals surface area contributed by atoms with Crippen molar-refractivity contribution in [2.24, 2.45) is 17.3 Å². The Morgan fingerprint density at radius 2 is 2.06 bits per heavy atom. The van der Waals surface area contributed by atoms with Crippen LogP contribution in [0, 0.1) is 17.3 Å². The number of ketones is 1. The number of carbonyl (C=O) groups excluding carboxylic acids is 2. The van der Waals surface area contributed by atoms with E-state index in [-0.39, 0.29) is 23.0 Å². The van der Waals surface area contributed by atoms with Gasteiger partial charge >= 0.3 is 0 Å². The van der Waals surface area contributed by atoms with Gasteiger partial charge in [0.1, 0.15) is 5.78 Å². The Hall–Kier alpha value is -0.860. The van der Waals surface area contributed by atoms with Crippen LogP contribution >= 0.6 is 0 Å². The monoisotopic (exact) mass is 253 g/mol. The maximum Gasteiger partial charge on any atom is 0.230 e. The highest BCUT2D eigenvalue weighted by Gasteiger charge is 2.38. The number of rotatable bonds is 5. The Morgan fingerprint density at radius 1 is 1.39 bits per heavy atom. The third-order valence-electron chi connectivity index (χ3n) is 3.84. The molecule has 1 rings (SSSR count). The predicted octanol–water partition coefficient (Wildman–Crippen LogP) is 2.93. The first-order chi connectivity index (χ1) is 8.37. The van der Waals surface area contributed by atoms with Crippen LogP contribution in [0.3, 0.4) is 0 Å². The second-order valence-electron chi connectivity index (χ2n) is 6.46. The Labute approximate surface area is 111 Å². The van der Waals surface area contributed by atoms with Crippen LogP contribution in [0.5, 0.6) is 0 Å². The van der Waals surface area contributed by atoms with Gasteiger partial charge in [-0.25, -0.2) is 0 Å². The van der Waals surface area contributed by atoms with Crippen molar-refractivity contribution in [3.8, 4) is 0 Å². The van der Waals surface area contributed by atoms with Crippen LogP contribution in [0.25, 0.3) is 0 Å². The third kappa shape index (κ3) is 4.11. The summed E-state index contributed by atoms with van der Waals surface area (Å²) in [6.45, 7) is 9.12. The highest BCUT2D eigenvalue weighted by Crippen LogP contribution is 2.32. The van der Waals surface area contributed by atoms with Gasteiger partial charge in [0.2, 0.25) is 5.91 Å². The maximum absolute atomic E-state index is 12.2. The van der Waals surface area contributed by atoms with Gasteiger partial charge in [0, 0.05) is 13.0 Å². The quantitative estimate of drug-likeness (QED) is 0.605. The number of Topliss-reactive ketones (excluding diaryl/α,β-unsaturated/α-hetero) is 1. The average Bonchev–Trinajstić information content (AvgIpc) is 2.35. The highest BCUT2D eigenvalue weighted by molar-refractivity contribution is 6.01. The Bertz CT molecular complexity index is 310. The second-order valence-corrected chi connectivity index (χ2v) is 6.46. The molecule has 1 aliphatic rings. The van der Waals surface area contributed by atoms with Crippen molar-refractivity contribution in [3.05, 3.63) is 0 Å². The number of carbonyl (C=O) groups is 2. The molecule has 18 heavy (non-hydrogen) atoms. The second kappa shape index (κ2) is 6.35. The van der Waals surface area contributed by atoms with E-state index in [1.807, 2.05) is 6.92 Å². The number of amides is 1. The van der Waals surface area contributed by atoms with E-state index in [4.69, 9.17) is 0 Å². The van der Waals surface area contributed by atoms with Gasteiger partial charge in [-0.2, -0.15) is 0 Å². The molecule has 1 amide bonds. The first-order valence-electron chi connectivity index (χ1n) is 7.18. The van der Waals surface area contributed by atoms with E-state index in [2.05, 4.69) is 26.1 Å². The van der Waals surface area contributed by atoms with Crippen LogP contribution < -0.4 is 5.32 Å². The summed E-state index contributed by atoms with van der Waals surface area (Å²) < 4.78 is 0. The Kier molecular flexibility index (Phi) is 5.36. The molecular weight excluding hydrogens is 226 g/mol. The molecule has 0 aromatic carbocycles. The van der Waals surface area contributed by atoms with Crippen LogP contribution in [0.15, 0.2) is 0 Å². The van der Waals surface area contributed by atoms with E-state index in [1.54, 1.807) is 0 Å². The largest absolute Gasteiger partial charge is 0.355 e. The number of hydrogen-bond donors (Lipinski definition) is 1. The summed E-state index contributed by atoms with van der Waals surface area (Å²) in [5.41, 5.74) is 0.0908. The molecule has 1 saturated heterocycles. The Balaban J connectivity index is 2.67. The lowest BCUT2D eigenvalue weighted by atomic mass is 9.78. The molecule has 1 heterocycles. The van der Waals surface area contributed by atoms with E-state index in [9.17, 15) is 9.59 Å². The van der Waals surface area contributed by atoms with E-state index >= 15 is 0 Å². The van der Waals surface area contributed by atoms with Crippen molar-refractivity contribution in [1.29, 1.82) is 0 Å². The van der Waals surface area contributed by atoms with Crippen LogP contribution in [-0.2, 0) is 9.59 Å². The van der Waals surface area contributed by atoms with Crippen molar-refractivity contribution in [3.63, 3.8) is 0 Å². The molecule has 0 bridgehead atoms. The van der Waals surface area contributed by atoms with Gasteiger partial charge in [-0.3, -0.25) is 9.59 Å². The minimum Gasteiger partial charge on any atom is -0.355 e. The molecule has 1 fully saturated rings. The molecule has 0 radical (unpaired) electrons. The fourth-order valence-electron chi connectivity index (χ4n) is 2.92. The van der Waals surface area contributed by atoms with E-state index in [0.29, 0.717) is 13.0 Å². The van der Waals surface area contributed by atoms with Crippen LogP contribution in [-0.4, -0.2) is 18.2 Å². The van der Waals surface area contributed by atoms with Gasteiger partial charge in [0.25, 0.3) is 0 Å². The molecule has 3 heteroatoms. The highest BCUT2D eigenvalue weighted by atomic mass is 16.2. The topological polar surface area (TPSA) is 46.2 Å². The van der Waals surface area contributed by atoms with E-state index in [0.717, 1.165) is 25.7 Å². The smallest absolute Gasteiger partial charge is 0.230 e. The average molecular weight is 253 g/mol. The molecule has 0 spiro atoms. The van der Waals surface area contributed by atoms with E-state index in [1.165, 1.54) is 0 Å². The van der Waals surface area contributed by atoms with Crippen LogP contribution in [0.1, 0.15) is 59.8 Å². The predicted molar refractivity (Wildman–Crippen MR) is 73.2 cm³/mol. The standard InChI is InChI=1S/C15H27NO2/c1-5-6-7-8-12(17)13-11(2)9-15(3,4)10-16-14(13)18/h11,13H,5-10H2,1-4H3,(H,16,18). The number of unbranched alkanes of at least 4 members (excludes halogenated alkanes) is 2. The lowest BCUT2D eigenvalue weighted by Crippen LogP contribution is -2.37. The normalized spacial score (nSPS) is 27.4. The molecule has 2 atom stereocenters. The molecule has 0 aliphatic carbocycles. The Morgan fingerprint density at radius 3 is 2.67 bits per heavy atom. The fourth-order valence-corrected chi connectivity index (χ4v) is 2.92. The molecule has 3 nitrogen and oxygen atoms in total. The van der Waals surface area contributed by atoms with Crippen LogP contribution in [0.4, 0.5) is 0 Å². The lowest BCUT2D eigenvalue weighted by molar-refractivity contribution is -0.135. The summed E-state index contributed by atoms with van der Waals surface area (Å²) in [7, 11) is 0. The van der Waals surface area contributed by atoms with Crippen molar-refractivity contribution >= 4 is 11.7 Å². The van der Waals surface area contributed by atoms with Crippen molar-refractivity contribution in [2.45, 2.75) is 59.8 Å². The van der Waals surface area contributed by atoms with Crippen molar-refractivity contribution in [1.82, 2.24) is 5.32 Å². The zero-order chi connectivity index (χ0) is 13.8. The summed E-state index contributed by atoms with van der Waals surface area (Å²) in [5.74, 6) is -0.207. The van der Waals surface area contributed by atoms with Gasteiger partial charge in [-0.15, -0.1) is 0 Å². The molecule has 0 saturated carbocycles. The number of nitrogens with one attached hydrogen (secondary N) is 1. The summed E-state index contributed by atoms with van der Waals surface area (Å²) in [5, 5.41) is 2.93. The zero-order valence-electron chi connectivity index (χ0n) is 12.2. The summed E-state index contributed by atoms with van der Waals surface area (Å²) in [6, 6.07) is 0.